The van der Waals surface area contributed by atoms with Crippen LogP contribution in [0.2, 0.25) is 0 Å². The molecule has 3 N–H and O–H groups in total. The van der Waals surface area contributed by atoms with Gasteiger partial charge in [-0.1, -0.05) is 6.07 Å². The van der Waals surface area contributed by atoms with Crippen LogP contribution >= 0.6 is 0 Å². The molecule has 0 heterocycles. The highest BCUT2D eigenvalue weighted by atomic mass is 16.5. The minimum absolute atomic E-state index is 0.0553. The van der Waals surface area contributed by atoms with Gasteiger partial charge in [0.05, 0.1) is 20.3 Å². The number of benzene rings is 1. The molecule has 3 rings (SSSR count). The van der Waals surface area contributed by atoms with Crippen LogP contribution in [0.3, 0.4) is 0 Å². The number of methoxy groups -OCH3 is 2. The van der Waals surface area contributed by atoms with Gasteiger partial charge in [-0.15, -0.1) is 0 Å². The number of nitrogens with one attached hydrogen (secondary N) is 1. The molecule has 0 saturated heterocycles. The quantitative estimate of drug-likeness (QED) is 0.764. The first-order chi connectivity index (χ1) is 12.9. The topological polar surface area (TPSA) is 105 Å². The lowest BCUT2D eigenvalue weighted by Crippen LogP contribution is -2.26. The molecule has 1 unspecified atom stereocenters. The fourth-order valence-electron chi connectivity index (χ4n) is 3.56. The lowest BCUT2D eigenvalue weighted by molar-refractivity contribution is -0.119. The molecule has 7 heteroatoms. The number of carbonyl (C=O) groups is 1. The number of aryl methyl sites for hydroxylation is 1. The van der Waals surface area contributed by atoms with Gasteiger partial charge >= 0.3 is 0 Å². The van der Waals surface area contributed by atoms with Crippen molar-refractivity contribution in [3.05, 3.63) is 45.6 Å². The van der Waals surface area contributed by atoms with Gasteiger partial charge in [0.15, 0.2) is 17.2 Å². The molecule has 0 aliphatic heterocycles. The second-order valence-electron chi connectivity index (χ2n) is 6.38. The predicted molar refractivity (Wildman–Crippen MR) is 99.5 cm³/mol. The smallest absolute Gasteiger partial charge is 0.220 e. The van der Waals surface area contributed by atoms with E-state index in [0.29, 0.717) is 35.3 Å². The molecular weight excluding hydrogens is 350 g/mol. The molecule has 0 fully saturated rings. The third-order valence-corrected chi connectivity index (χ3v) is 4.69. The summed E-state index contributed by atoms with van der Waals surface area (Å²) in [4.78, 5) is 23.9. The van der Waals surface area contributed by atoms with Crippen LogP contribution in [-0.4, -0.2) is 30.3 Å². The van der Waals surface area contributed by atoms with Crippen molar-refractivity contribution in [2.75, 3.05) is 14.2 Å². The number of rotatable bonds is 3. The molecule has 0 radical (unpaired) electrons. The zero-order valence-electron chi connectivity index (χ0n) is 15.3. The normalized spacial score (nSPS) is 15.1. The Morgan fingerprint density at radius 2 is 1.81 bits per heavy atom. The van der Waals surface area contributed by atoms with E-state index >= 15 is 0 Å². The van der Waals surface area contributed by atoms with Crippen LogP contribution < -0.4 is 20.2 Å². The zero-order valence-corrected chi connectivity index (χ0v) is 15.3. The van der Waals surface area contributed by atoms with Crippen molar-refractivity contribution in [1.29, 1.82) is 0 Å². The van der Waals surface area contributed by atoms with Crippen molar-refractivity contribution < 1.29 is 24.5 Å². The lowest BCUT2D eigenvalue weighted by Gasteiger charge is -2.18. The molecule has 0 saturated carbocycles. The Labute approximate surface area is 156 Å². The molecule has 27 heavy (non-hydrogen) atoms. The van der Waals surface area contributed by atoms with Gasteiger partial charge < -0.3 is 25.0 Å². The van der Waals surface area contributed by atoms with E-state index in [1.165, 1.54) is 33.3 Å². The maximum Gasteiger partial charge on any atom is 0.220 e. The number of fused-ring (bicyclic) bond motifs is 3. The summed E-state index contributed by atoms with van der Waals surface area (Å²) in [6.45, 7) is 1.41. The number of aromatic hydroxyl groups is 2. The van der Waals surface area contributed by atoms with E-state index in [9.17, 15) is 19.8 Å². The van der Waals surface area contributed by atoms with Crippen molar-refractivity contribution in [3.63, 3.8) is 0 Å². The first-order valence-corrected chi connectivity index (χ1v) is 8.48. The van der Waals surface area contributed by atoms with Crippen LogP contribution in [0.4, 0.5) is 0 Å². The number of ether oxygens (including phenoxy) is 2. The number of phenolic OH excluding ortho intramolecular Hbond substituents is 1. The van der Waals surface area contributed by atoms with Crippen molar-refractivity contribution in [2.24, 2.45) is 0 Å². The molecular formula is C20H21NO6. The highest BCUT2D eigenvalue weighted by Crippen LogP contribution is 2.49. The van der Waals surface area contributed by atoms with Gasteiger partial charge in [-0.2, -0.15) is 0 Å². The van der Waals surface area contributed by atoms with Crippen molar-refractivity contribution in [3.8, 4) is 34.1 Å². The van der Waals surface area contributed by atoms with Gasteiger partial charge in [0, 0.05) is 12.5 Å². The second kappa shape index (κ2) is 7.19. The van der Waals surface area contributed by atoms with Crippen LogP contribution in [0.1, 0.15) is 30.5 Å². The van der Waals surface area contributed by atoms with E-state index in [1.54, 1.807) is 12.1 Å². The molecule has 1 atom stereocenters. The summed E-state index contributed by atoms with van der Waals surface area (Å²) in [5, 5.41) is 23.1. The number of amides is 1. The Balaban J connectivity index is 2.41. The molecule has 0 spiro atoms. The zero-order chi connectivity index (χ0) is 19.7. The van der Waals surface area contributed by atoms with Crippen LogP contribution in [0.5, 0.6) is 23.0 Å². The lowest BCUT2D eigenvalue weighted by atomic mass is 9.95. The van der Waals surface area contributed by atoms with Crippen LogP contribution in [0, 0.1) is 0 Å². The highest BCUT2D eigenvalue weighted by molar-refractivity contribution is 5.83. The van der Waals surface area contributed by atoms with Gasteiger partial charge in [0.1, 0.15) is 0 Å². The molecule has 2 aromatic rings. The fraction of sp³-hybridized carbons (Fsp3) is 0.300. The van der Waals surface area contributed by atoms with E-state index in [1.807, 2.05) is 0 Å². The minimum atomic E-state index is -0.542. The van der Waals surface area contributed by atoms with E-state index in [4.69, 9.17) is 9.47 Å². The minimum Gasteiger partial charge on any atom is -0.504 e. The predicted octanol–water partition coefficient (Wildman–Crippen LogP) is 2.27. The maximum absolute atomic E-state index is 12.2. The molecule has 1 aliphatic rings. The van der Waals surface area contributed by atoms with Gasteiger partial charge in [-0.25, -0.2) is 0 Å². The Morgan fingerprint density at radius 3 is 2.44 bits per heavy atom. The molecule has 1 amide bonds. The Morgan fingerprint density at radius 1 is 1.11 bits per heavy atom. The first kappa shape index (κ1) is 18.6. The first-order valence-electron chi connectivity index (χ1n) is 8.48. The summed E-state index contributed by atoms with van der Waals surface area (Å²) in [7, 11) is 2.89. The Hall–Kier alpha value is -3.22. The van der Waals surface area contributed by atoms with E-state index in [0.717, 1.165) is 5.56 Å². The number of carbonyl (C=O) groups excluding carboxylic acids is 1. The van der Waals surface area contributed by atoms with Gasteiger partial charge in [0.25, 0.3) is 0 Å². The monoisotopic (exact) mass is 371 g/mol. The molecule has 7 nitrogen and oxygen atoms in total. The van der Waals surface area contributed by atoms with Crippen molar-refractivity contribution in [2.45, 2.75) is 25.8 Å². The number of hydrogen-bond donors (Lipinski definition) is 3. The third kappa shape index (κ3) is 3.28. The molecule has 1 aliphatic carbocycles. The van der Waals surface area contributed by atoms with Crippen molar-refractivity contribution in [1.82, 2.24) is 5.32 Å². The summed E-state index contributed by atoms with van der Waals surface area (Å²) in [6.07, 6.45) is 1.05. The van der Waals surface area contributed by atoms with E-state index < -0.39 is 17.2 Å². The summed E-state index contributed by atoms with van der Waals surface area (Å²) in [5.74, 6) is -0.169. The van der Waals surface area contributed by atoms with Crippen molar-refractivity contribution >= 4 is 5.91 Å². The summed E-state index contributed by atoms with van der Waals surface area (Å²) in [6, 6.07) is 5.44. The largest absolute Gasteiger partial charge is 0.504 e. The highest BCUT2D eigenvalue weighted by Gasteiger charge is 2.28. The van der Waals surface area contributed by atoms with Gasteiger partial charge in [0.2, 0.25) is 17.1 Å². The molecule has 142 valence electrons. The molecule has 0 aromatic heterocycles. The SMILES string of the molecule is COc1c(O)cc2c(c1OC)-c1ccc(O)c(=O)cc1C(NC(C)=O)CC2. The molecule has 2 aromatic carbocycles. The van der Waals surface area contributed by atoms with Crippen LogP contribution in [0.25, 0.3) is 11.1 Å². The molecule has 0 bridgehead atoms. The Kier molecular flexibility index (Phi) is 4.94. The van der Waals surface area contributed by atoms with Gasteiger partial charge in [-0.3, -0.25) is 9.59 Å². The summed E-state index contributed by atoms with van der Waals surface area (Å²) in [5.41, 5.74) is 2.09. The van der Waals surface area contributed by atoms with Gasteiger partial charge in [-0.05, 0) is 47.7 Å². The second-order valence-corrected chi connectivity index (χ2v) is 6.38. The summed E-state index contributed by atoms with van der Waals surface area (Å²) >= 11 is 0. The van der Waals surface area contributed by atoms with Crippen LogP contribution in [-0.2, 0) is 11.2 Å². The average molecular weight is 371 g/mol. The summed E-state index contributed by atoms with van der Waals surface area (Å²) < 4.78 is 10.8. The third-order valence-electron chi connectivity index (χ3n) is 4.69. The fourth-order valence-corrected chi connectivity index (χ4v) is 3.56. The standard InChI is InChI=1S/C20H21NO6/c1-10(22)21-14-6-4-11-8-17(25)19(26-2)20(27-3)18(11)12-5-7-15(23)16(24)9-13(12)14/h5,7-9,14,25H,4,6H2,1-3H3,(H,21,22)(H,23,24). The Bertz CT molecular complexity index is 969. The average Bonchev–Trinajstić information content (AvgIpc) is 2.85. The number of phenols is 1. The van der Waals surface area contributed by atoms with Crippen LogP contribution in [0.15, 0.2) is 29.1 Å². The van der Waals surface area contributed by atoms with E-state index in [-0.39, 0.29) is 17.4 Å². The number of hydrogen-bond acceptors (Lipinski definition) is 6. The maximum atomic E-state index is 12.2. The van der Waals surface area contributed by atoms with E-state index in [2.05, 4.69) is 5.32 Å².